The summed E-state index contributed by atoms with van der Waals surface area (Å²) in [5.41, 5.74) is 1.43. The topological polar surface area (TPSA) is 132 Å². The number of nitrogens with one attached hydrogen (secondary N) is 1. The lowest BCUT2D eigenvalue weighted by molar-refractivity contribution is -0.118. The predicted molar refractivity (Wildman–Crippen MR) is 126 cm³/mol. The molecule has 2 N–H and O–H groups in total. The molecule has 12 heteroatoms. The van der Waals surface area contributed by atoms with E-state index in [4.69, 9.17) is 28.3 Å². The fraction of sp³-hybridized carbons (Fsp3) is 0.0909. The number of carbonyl (C=O) groups is 2. The number of aromatic carboxylic acids is 1. The molecule has 0 aliphatic carbocycles. The second kappa shape index (κ2) is 9.46. The predicted octanol–water partition coefficient (Wildman–Crippen LogP) is 3.70. The fourth-order valence-electron chi connectivity index (χ4n) is 3.19. The van der Waals surface area contributed by atoms with Gasteiger partial charge in [0.1, 0.15) is 6.04 Å². The molecule has 2 aromatic carbocycles. The van der Waals surface area contributed by atoms with Crippen molar-refractivity contribution in [1.29, 1.82) is 0 Å². The summed E-state index contributed by atoms with van der Waals surface area (Å²) in [6, 6.07) is 11.1. The Morgan fingerprint density at radius 3 is 2.44 bits per heavy atom. The summed E-state index contributed by atoms with van der Waals surface area (Å²) in [6.07, 6.45) is 2.78. The molecule has 0 fully saturated rings. The van der Waals surface area contributed by atoms with Gasteiger partial charge in [-0.05, 0) is 49.4 Å². The molecule has 0 aliphatic heterocycles. The van der Waals surface area contributed by atoms with Crippen molar-refractivity contribution in [3.8, 4) is 16.9 Å². The van der Waals surface area contributed by atoms with Gasteiger partial charge in [-0.3, -0.25) is 14.2 Å². The molecule has 4 rings (SSSR count). The van der Waals surface area contributed by atoms with Crippen LogP contribution < -0.4 is 10.9 Å². The van der Waals surface area contributed by atoms with Gasteiger partial charge in [0.05, 0.1) is 29.5 Å². The summed E-state index contributed by atoms with van der Waals surface area (Å²) in [5.74, 6) is -1.54. The van der Waals surface area contributed by atoms with Gasteiger partial charge in [0, 0.05) is 22.3 Å². The molecule has 0 aliphatic rings. The average molecular weight is 499 g/mol. The van der Waals surface area contributed by atoms with Gasteiger partial charge < -0.3 is 10.4 Å². The van der Waals surface area contributed by atoms with Gasteiger partial charge in [0.15, 0.2) is 5.15 Å². The highest BCUT2D eigenvalue weighted by atomic mass is 35.5. The monoisotopic (exact) mass is 498 g/mol. The Bertz CT molecular complexity index is 1450. The van der Waals surface area contributed by atoms with Crippen LogP contribution in [0, 0.1) is 0 Å². The van der Waals surface area contributed by atoms with Crippen LogP contribution in [0.1, 0.15) is 23.3 Å². The van der Waals surface area contributed by atoms with Crippen LogP contribution >= 0.6 is 23.2 Å². The van der Waals surface area contributed by atoms with Gasteiger partial charge >= 0.3 is 5.97 Å². The van der Waals surface area contributed by atoms with Crippen LogP contribution in [-0.4, -0.2) is 41.5 Å². The molecule has 2 aromatic heterocycles. The third kappa shape index (κ3) is 4.82. The summed E-state index contributed by atoms with van der Waals surface area (Å²) in [5, 5.41) is 20.0. The highest BCUT2D eigenvalue weighted by molar-refractivity contribution is 6.31. The molecule has 34 heavy (non-hydrogen) atoms. The Balaban J connectivity index is 1.60. The van der Waals surface area contributed by atoms with Gasteiger partial charge in [0.25, 0.3) is 5.56 Å². The Morgan fingerprint density at radius 2 is 1.82 bits per heavy atom. The Labute approximate surface area is 202 Å². The third-order valence-electron chi connectivity index (χ3n) is 4.98. The first-order chi connectivity index (χ1) is 16.2. The van der Waals surface area contributed by atoms with E-state index in [1.54, 1.807) is 25.1 Å². The number of benzene rings is 2. The molecule has 4 aromatic rings. The number of anilines is 1. The number of carboxylic acids is 1. The van der Waals surface area contributed by atoms with Crippen molar-refractivity contribution in [2.75, 3.05) is 5.32 Å². The average Bonchev–Trinajstić information content (AvgIpc) is 3.24. The maximum absolute atomic E-state index is 12.9. The number of carboxylic acid groups (broad SMARTS) is 1. The Hall–Kier alpha value is -4.02. The van der Waals surface area contributed by atoms with E-state index in [2.05, 4.69) is 20.6 Å². The van der Waals surface area contributed by atoms with E-state index in [0.29, 0.717) is 27.7 Å². The van der Waals surface area contributed by atoms with Gasteiger partial charge in [0.2, 0.25) is 5.91 Å². The van der Waals surface area contributed by atoms with Crippen molar-refractivity contribution in [3.05, 3.63) is 87.1 Å². The fourth-order valence-corrected chi connectivity index (χ4v) is 3.49. The van der Waals surface area contributed by atoms with Gasteiger partial charge in [-0.15, -0.1) is 5.10 Å². The van der Waals surface area contributed by atoms with Gasteiger partial charge in [-0.25, -0.2) is 14.5 Å². The van der Waals surface area contributed by atoms with E-state index in [-0.39, 0.29) is 10.7 Å². The first kappa shape index (κ1) is 23.1. The van der Waals surface area contributed by atoms with E-state index in [1.807, 2.05) is 0 Å². The van der Waals surface area contributed by atoms with Crippen LogP contribution in [0.25, 0.3) is 16.9 Å². The highest BCUT2D eigenvalue weighted by Crippen LogP contribution is 2.28. The van der Waals surface area contributed by atoms with Crippen molar-refractivity contribution >= 4 is 40.8 Å². The first-order valence-electron chi connectivity index (χ1n) is 9.83. The summed E-state index contributed by atoms with van der Waals surface area (Å²) in [6.45, 7) is 1.55. The molecule has 1 atom stereocenters. The van der Waals surface area contributed by atoms with Crippen LogP contribution in [-0.2, 0) is 4.79 Å². The molecular weight excluding hydrogens is 483 g/mol. The molecule has 0 saturated heterocycles. The van der Waals surface area contributed by atoms with Crippen LogP contribution in [0.15, 0.2) is 65.8 Å². The zero-order valence-corrected chi connectivity index (χ0v) is 19.0. The minimum atomic E-state index is -1.07. The number of aromatic nitrogens is 5. The first-order valence-corrected chi connectivity index (χ1v) is 10.6. The third-order valence-corrected chi connectivity index (χ3v) is 5.39. The molecule has 10 nitrogen and oxygen atoms in total. The van der Waals surface area contributed by atoms with Crippen molar-refractivity contribution < 1.29 is 14.7 Å². The number of hydrogen-bond acceptors (Lipinski definition) is 6. The second-order valence-corrected chi connectivity index (χ2v) is 8.04. The summed E-state index contributed by atoms with van der Waals surface area (Å²) >= 11 is 12.0. The molecule has 0 radical (unpaired) electrons. The lowest BCUT2D eigenvalue weighted by Crippen LogP contribution is -2.31. The van der Waals surface area contributed by atoms with Crippen LogP contribution in [0.3, 0.4) is 0 Å². The van der Waals surface area contributed by atoms with Crippen LogP contribution in [0.5, 0.6) is 0 Å². The quantitative estimate of drug-likeness (QED) is 0.414. The van der Waals surface area contributed by atoms with Crippen LogP contribution in [0.2, 0.25) is 10.2 Å². The maximum atomic E-state index is 12.9. The van der Waals surface area contributed by atoms with Crippen molar-refractivity contribution in [1.82, 2.24) is 24.5 Å². The van der Waals surface area contributed by atoms with Gasteiger partial charge in [-0.2, -0.15) is 0 Å². The molecule has 1 amide bonds. The number of carbonyl (C=O) groups excluding carboxylic acids is 1. The molecule has 0 saturated carbocycles. The number of rotatable bonds is 6. The number of amides is 1. The number of halogens is 2. The number of nitrogens with zero attached hydrogens (tertiary/aromatic N) is 5. The molecule has 172 valence electrons. The minimum Gasteiger partial charge on any atom is -0.478 e. The smallest absolute Gasteiger partial charge is 0.335 e. The van der Waals surface area contributed by atoms with E-state index < -0.39 is 23.5 Å². The lowest BCUT2D eigenvalue weighted by Gasteiger charge is -2.16. The second-order valence-electron chi connectivity index (χ2n) is 7.21. The highest BCUT2D eigenvalue weighted by Gasteiger charge is 2.19. The molecular formula is C22H16Cl2N6O4. The molecule has 2 heterocycles. The van der Waals surface area contributed by atoms with E-state index in [1.165, 1.54) is 52.1 Å². The van der Waals surface area contributed by atoms with E-state index in [0.717, 1.165) is 0 Å². The van der Waals surface area contributed by atoms with Gasteiger partial charge in [-0.1, -0.05) is 28.4 Å². The standard InChI is InChI=1S/C22H16Cl2N6O4/c1-12(21(32)26-15-5-2-13(3-6-15)22(33)34)29-11-25-17(9-20(29)31)16-8-14(23)4-7-18(16)30-10-19(24)27-28-30/h2-12H,1H3,(H,26,32)(H,33,34)/t12-/m0/s1. The number of hydrogen-bond donors (Lipinski definition) is 2. The minimum absolute atomic E-state index is 0.0932. The summed E-state index contributed by atoms with van der Waals surface area (Å²) in [4.78, 5) is 40.8. The van der Waals surface area contributed by atoms with Crippen LogP contribution in [0.4, 0.5) is 5.69 Å². The van der Waals surface area contributed by atoms with Crippen molar-refractivity contribution in [2.24, 2.45) is 0 Å². The summed E-state index contributed by atoms with van der Waals surface area (Å²) in [7, 11) is 0. The maximum Gasteiger partial charge on any atom is 0.335 e. The largest absolute Gasteiger partial charge is 0.478 e. The SMILES string of the molecule is C[C@@H](C(=O)Nc1ccc(C(=O)O)cc1)n1cnc(-c2cc(Cl)ccc2-n2cc(Cl)nn2)cc1=O. The molecule has 0 unspecified atom stereocenters. The normalized spacial score (nSPS) is 11.7. The van der Waals surface area contributed by atoms with Crippen molar-refractivity contribution in [2.45, 2.75) is 13.0 Å². The Kier molecular flexibility index (Phi) is 6.44. The summed E-state index contributed by atoms with van der Waals surface area (Å²) < 4.78 is 2.62. The Morgan fingerprint density at radius 1 is 1.09 bits per heavy atom. The zero-order valence-electron chi connectivity index (χ0n) is 17.5. The van der Waals surface area contributed by atoms with Crippen molar-refractivity contribution in [3.63, 3.8) is 0 Å². The molecule has 0 bridgehead atoms. The van der Waals surface area contributed by atoms with E-state index in [9.17, 15) is 14.4 Å². The van der Waals surface area contributed by atoms with E-state index >= 15 is 0 Å². The molecule has 0 spiro atoms. The zero-order chi connectivity index (χ0) is 24.4. The lowest BCUT2D eigenvalue weighted by atomic mass is 10.1.